The van der Waals surface area contributed by atoms with Gasteiger partial charge in [-0.05, 0) is 12.1 Å². The maximum absolute atomic E-state index is 5.72. The predicted octanol–water partition coefficient (Wildman–Crippen LogP) is 3.40. The van der Waals surface area contributed by atoms with Gasteiger partial charge in [-0.15, -0.1) is 11.3 Å². The molecule has 0 atom stereocenters. The number of hydrogen-bond acceptors (Lipinski definition) is 6. The molecule has 1 aromatic heterocycles. The molecule has 0 radical (unpaired) electrons. The minimum absolute atomic E-state index is 0.141. The summed E-state index contributed by atoms with van der Waals surface area (Å²) in [4.78, 5) is 0.987. The summed E-state index contributed by atoms with van der Waals surface area (Å²) >= 11 is 1.59. The first-order valence-electron chi connectivity index (χ1n) is 8.05. The summed E-state index contributed by atoms with van der Waals surface area (Å²) in [6, 6.07) is 10.2. The number of hydrazone groups is 1. The first kappa shape index (κ1) is 15.5. The van der Waals surface area contributed by atoms with Gasteiger partial charge in [0, 0.05) is 10.8 Å². The second-order valence-corrected chi connectivity index (χ2v) is 7.34. The molecule has 2 aromatic rings. The molecule has 1 saturated heterocycles. The van der Waals surface area contributed by atoms with Crippen molar-refractivity contribution in [3.63, 3.8) is 0 Å². The fraction of sp³-hybridized carbons (Fsp3) is 0.389. The van der Waals surface area contributed by atoms with E-state index in [9.17, 15) is 0 Å². The summed E-state index contributed by atoms with van der Waals surface area (Å²) in [5, 5.41) is 8.76. The van der Waals surface area contributed by atoms with Gasteiger partial charge in [-0.25, -0.2) is 0 Å². The molecule has 1 aromatic carbocycles. The number of benzene rings is 1. The van der Waals surface area contributed by atoms with E-state index in [0.29, 0.717) is 13.2 Å². The second kappa shape index (κ2) is 6.45. The van der Waals surface area contributed by atoms with Gasteiger partial charge in [-0.2, -0.15) is 5.10 Å². The minimum atomic E-state index is 0.141. The third-order valence-electron chi connectivity index (χ3n) is 4.13. The van der Waals surface area contributed by atoms with E-state index in [-0.39, 0.29) is 5.41 Å². The second-order valence-electron chi connectivity index (χ2n) is 6.43. The van der Waals surface area contributed by atoms with Crippen molar-refractivity contribution in [2.24, 2.45) is 10.5 Å². The Hall–Kier alpha value is -2.05. The van der Waals surface area contributed by atoms with Gasteiger partial charge in [0.1, 0.15) is 13.2 Å². The van der Waals surface area contributed by atoms with Crippen LogP contribution < -0.4 is 14.5 Å². The standard InChI is InChI=1S/C18H20N2O3S/c1-18(12-21-13-18)11-20(14-5-3-2-4-6-14)19-9-16-17-15(10-24-16)22-7-8-23-17/h2-6,9-10H,7-8,11-13H2,1H3/b19-9+. The Morgan fingerprint density at radius 2 is 2.00 bits per heavy atom. The molecule has 0 bridgehead atoms. The van der Waals surface area contributed by atoms with Gasteiger partial charge in [0.2, 0.25) is 0 Å². The van der Waals surface area contributed by atoms with Gasteiger partial charge in [-0.1, -0.05) is 25.1 Å². The lowest BCUT2D eigenvalue weighted by atomic mass is 9.88. The molecule has 2 aliphatic heterocycles. The van der Waals surface area contributed by atoms with Crippen molar-refractivity contribution >= 4 is 23.2 Å². The molecule has 2 aliphatic rings. The van der Waals surface area contributed by atoms with E-state index < -0.39 is 0 Å². The summed E-state index contributed by atoms with van der Waals surface area (Å²) in [7, 11) is 0. The monoisotopic (exact) mass is 344 g/mol. The summed E-state index contributed by atoms with van der Waals surface area (Å²) in [6.07, 6.45) is 1.87. The van der Waals surface area contributed by atoms with Crippen LogP contribution in [-0.4, -0.2) is 39.2 Å². The normalized spacial score (nSPS) is 18.4. The molecule has 0 aliphatic carbocycles. The fourth-order valence-electron chi connectivity index (χ4n) is 2.80. The topological polar surface area (TPSA) is 43.3 Å². The maximum Gasteiger partial charge on any atom is 0.180 e. The van der Waals surface area contributed by atoms with E-state index in [1.54, 1.807) is 11.3 Å². The predicted molar refractivity (Wildman–Crippen MR) is 95.6 cm³/mol. The number of thiophene rings is 1. The molecular formula is C18H20N2O3S. The zero-order valence-electron chi connectivity index (χ0n) is 13.6. The quantitative estimate of drug-likeness (QED) is 0.616. The number of para-hydroxylation sites is 1. The summed E-state index contributed by atoms with van der Waals surface area (Å²) in [5.41, 5.74) is 1.21. The average Bonchev–Trinajstić information content (AvgIpc) is 3.01. The molecule has 0 spiro atoms. The van der Waals surface area contributed by atoms with Crippen molar-refractivity contribution in [1.82, 2.24) is 0 Å². The molecule has 24 heavy (non-hydrogen) atoms. The van der Waals surface area contributed by atoms with Gasteiger partial charge < -0.3 is 14.2 Å². The minimum Gasteiger partial charge on any atom is -0.485 e. The number of fused-ring (bicyclic) bond motifs is 1. The van der Waals surface area contributed by atoms with Crippen molar-refractivity contribution < 1.29 is 14.2 Å². The van der Waals surface area contributed by atoms with Crippen LogP contribution >= 0.6 is 11.3 Å². The Balaban J connectivity index is 1.58. The maximum atomic E-state index is 5.72. The SMILES string of the molecule is CC1(CN(/N=C/c2scc3c2OCCO3)c2ccccc2)COC1. The highest BCUT2D eigenvalue weighted by molar-refractivity contribution is 7.12. The Bertz CT molecular complexity index is 725. The van der Waals surface area contributed by atoms with Gasteiger partial charge in [-0.3, -0.25) is 5.01 Å². The third kappa shape index (κ3) is 3.12. The molecule has 126 valence electrons. The Morgan fingerprint density at radius 3 is 2.75 bits per heavy atom. The van der Waals surface area contributed by atoms with Crippen molar-refractivity contribution in [1.29, 1.82) is 0 Å². The molecular weight excluding hydrogens is 324 g/mol. The highest BCUT2D eigenvalue weighted by atomic mass is 32.1. The number of anilines is 1. The molecule has 0 saturated carbocycles. The first-order chi connectivity index (χ1) is 11.7. The first-order valence-corrected chi connectivity index (χ1v) is 8.93. The molecule has 4 rings (SSSR count). The van der Waals surface area contributed by atoms with Crippen molar-refractivity contribution in [3.8, 4) is 11.5 Å². The lowest BCUT2D eigenvalue weighted by molar-refractivity contribution is -0.0955. The largest absolute Gasteiger partial charge is 0.485 e. The molecule has 3 heterocycles. The van der Waals surface area contributed by atoms with Crippen molar-refractivity contribution in [2.75, 3.05) is 38.0 Å². The average molecular weight is 344 g/mol. The van der Waals surface area contributed by atoms with Crippen LogP contribution in [0.1, 0.15) is 11.8 Å². The van der Waals surface area contributed by atoms with Crippen LogP contribution in [0.4, 0.5) is 5.69 Å². The van der Waals surface area contributed by atoms with Crippen molar-refractivity contribution in [2.45, 2.75) is 6.92 Å². The van der Waals surface area contributed by atoms with Crippen molar-refractivity contribution in [3.05, 3.63) is 40.6 Å². The highest BCUT2D eigenvalue weighted by Gasteiger charge is 2.35. The van der Waals surface area contributed by atoms with E-state index in [0.717, 1.165) is 41.8 Å². The van der Waals surface area contributed by atoms with Gasteiger partial charge in [0.25, 0.3) is 0 Å². The summed E-state index contributed by atoms with van der Waals surface area (Å²) < 4.78 is 16.7. The fourth-order valence-corrected chi connectivity index (χ4v) is 3.58. The number of ether oxygens (including phenoxy) is 3. The van der Waals surface area contributed by atoms with E-state index in [2.05, 4.69) is 19.1 Å². The number of nitrogens with zero attached hydrogens (tertiary/aromatic N) is 2. The van der Waals surface area contributed by atoms with E-state index in [1.807, 2.05) is 34.8 Å². The molecule has 0 N–H and O–H groups in total. The van der Waals surface area contributed by atoms with E-state index in [4.69, 9.17) is 19.3 Å². The number of rotatable bonds is 5. The lowest BCUT2D eigenvalue weighted by Crippen LogP contribution is -2.47. The van der Waals surface area contributed by atoms with E-state index >= 15 is 0 Å². The van der Waals surface area contributed by atoms with Crippen LogP contribution in [0, 0.1) is 5.41 Å². The molecule has 0 unspecified atom stereocenters. The van der Waals surface area contributed by atoms with Crippen LogP contribution in [0.25, 0.3) is 0 Å². The molecule has 0 amide bonds. The highest BCUT2D eigenvalue weighted by Crippen LogP contribution is 2.38. The molecule has 6 heteroatoms. The van der Waals surface area contributed by atoms with Crippen LogP contribution in [0.5, 0.6) is 11.5 Å². The van der Waals surface area contributed by atoms with Crippen LogP contribution in [0.3, 0.4) is 0 Å². The van der Waals surface area contributed by atoms with Crippen LogP contribution in [0.2, 0.25) is 0 Å². The Kier molecular flexibility index (Phi) is 4.16. The van der Waals surface area contributed by atoms with Gasteiger partial charge in [0.05, 0.1) is 36.5 Å². The third-order valence-corrected chi connectivity index (χ3v) is 5.01. The lowest BCUT2D eigenvalue weighted by Gasteiger charge is -2.40. The zero-order chi connectivity index (χ0) is 16.4. The Labute approximate surface area is 145 Å². The number of hydrogen-bond donors (Lipinski definition) is 0. The van der Waals surface area contributed by atoms with Gasteiger partial charge in [0.15, 0.2) is 11.5 Å². The van der Waals surface area contributed by atoms with Crippen LogP contribution in [0.15, 0.2) is 40.8 Å². The molecule has 1 fully saturated rings. The smallest absolute Gasteiger partial charge is 0.180 e. The van der Waals surface area contributed by atoms with E-state index in [1.165, 1.54) is 0 Å². The molecule has 5 nitrogen and oxygen atoms in total. The van der Waals surface area contributed by atoms with Crippen LogP contribution in [-0.2, 0) is 4.74 Å². The Morgan fingerprint density at radius 1 is 1.21 bits per heavy atom. The van der Waals surface area contributed by atoms with Gasteiger partial charge >= 0.3 is 0 Å². The zero-order valence-corrected chi connectivity index (χ0v) is 14.4. The summed E-state index contributed by atoms with van der Waals surface area (Å²) in [5.74, 6) is 1.62. The summed E-state index contributed by atoms with van der Waals surface area (Å²) in [6.45, 7) is 5.79.